The predicted octanol–water partition coefficient (Wildman–Crippen LogP) is 5.16. The molecule has 1 heterocycles. The van der Waals surface area contributed by atoms with E-state index in [-0.39, 0.29) is 16.8 Å². The lowest BCUT2D eigenvalue weighted by Crippen LogP contribution is -2.30. The van der Waals surface area contributed by atoms with E-state index in [4.69, 9.17) is 27.9 Å². The number of aromatic nitrogens is 1. The van der Waals surface area contributed by atoms with Crippen molar-refractivity contribution in [3.05, 3.63) is 63.5 Å². The Bertz CT molecular complexity index is 1050. The van der Waals surface area contributed by atoms with E-state index in [9.17, 15) is 9.59 Å². The third kappa shape index (κ3) is 5.72. The van der Waals surface area contributed by atoms with Crippen LogP contribution in [0, 0.1) is 0 Å². The van der Waals surface area contributed by atoms with E-state index in [1.807, 2.05) is 29.6 Å². The van der Waals surface area contributed by atoms with Crippen LogP contribution in [-0.4, -0.2) is 22.9 Å². The molecule has 1 atom stereocenters. The molecule has 6 nitrogen and oxygen atoms in total. The first-order valence-corrected chi connectivity index (χ1v) is 10.7. The Balaban J connectivity index is 1.61. The number of nitrogens with zero attached hydrogens (tertiary/aromatic N) is 1. The maximum absolute atomic E-state index is 12.5. The van der Waals surface area contributed by atoms with Crippen LogP contribution in [0.5, 0.6) is 5.75 Å². The van der Waals surface area contributed by atoms with E-state index < -0.39 is 6.10 Å². The first-order valence-electron chi connectivity index (χ1n) is 9.04. The predicted molar refractivity (Wildman–Crippen MR) is 120 cm³/mol. The van der Waals surface area contributed by atoms with Gasteiger partial charge in [-0.1, -0.05) is 53.5 Å². The largest absolute Gasteiger partial charge is 0.479 e. The normalized spacial score (nSPS) is 11.6. The molecule has 0 saturated heterocycles. The zero-order chi connectivity index (χ0) is 21.7. The first kappa shape index (κ1) is 22.1. The highest BCUT2D eigenvalue weighted by Crippen LogP contribution is 2.32. The summed E-state index contributed by atoms with van der Waals surface area (Å²) < 4.78 is 5.62. The minimum atomic E-state index is -0.790. The number of thiazole rings is 1. The Kier molecular flexibility index (Phi) is 7.31. The molecular weight excluding hydrogens is 445 g/mol. The molecule has 0 aliphatic carbocycles. The monoisotopic (exact) mass is 463 g/mol. The highest BCUT2D eigenvalue weighted by atomic mass is 35.5. The summed E-state index contributed by atoms with van der Waals surface area (Å²) in [6.07, 6.45) is -0.790. The van der Waals surface area contributed by atoms with Gasteiger partial charge in [0.1, 0.15) is 10.8 Å². The molecule has 0 fully saturated rings. The Labute approximate surface area is 188 Å². The van der Waals surface area contributed by atoms with Crippen LogP contribution in [0.25, 0.3) is 11.3 Å². The maximum atomic E-state index is 12.5. The second kappa shape index (κ2) is 9.93. The lowest BCUT2D eigenvalue weighted by molar-refractivity contribution is -0.122. The zero-order valence-electron chi connectivity index (χ0n) is 16.2. The Morgan fingerprint density at radius 3 is 2.60 bits per heavy atom. The molecular formula is C21H19Cl2N3O3S. The molecule has 30 heavy (non-hydrogen) atoms. The van der Waals surface area contributed by atoms with Crippen LogP contribution in [0.2, 0.25) is 10.0 Å². The van der Waals surface area contributed by atoms with Gasteiger partial charge in [0.15, 0.2) is 11.2 Å². The van der Waals surface area contributed by atoms with Gasteiger partial charge in [-0.15, -0.1) is 11.3 Å². The summed E-state index contributed by atoms with van der Waals surface area (Å²) in [7, 11) is 0. The van der Waals surface area contributed by atoms with E-state index in [0.29, 0.717) is 22.4 Å². The molecule has 1 unspecified atom stereocenters. The Hall–Kier alpha value is -2.61. The van der Waals surface area contributed by atoms with Crippen LogP contribution >= 0.6 is 34.5 Å². The van der Waals surface area contributed by atoms with Crippen molar-refractivity contribution in [3.63, 3.8) is 0 Å². The molecule has 0 bridgehead atoms. The van der Waals surface area contributed by atoms with Crippen molar-refractivity contribution >= 4 is 51.5 Å². The smallest absolute Gasteiger partial charge is 0.266 e. The van der Waals surface area contributed by atoms with Gasteiger partial charge in [0.25, 0.3) is 5.91 Å². The molecule has 2 aromatic carbocycles. The first-order chi connectivity index (χ1) is 14.3. The van der Waals surface area contributed by atoms with Gasteiger partial charge in [-0.2, -0.15) is 0 Å². The molecule has 3 rings (SSSR count). The number of rotatable bonds is 7. The highest BCUT2D eigenvalue weighted by molar-refractivity contribution is 7.14. The zero-order valence-corrected chi connectivity index (χ0v) is 18.6. The van der Waals surface area contributed by atoms with Gasteiger partial charge in [0.05, 0.1) is 10.7 Å². The van der Waals surface area contributed by atoms with E-state index in [2.05, 4.69) is 15.6 Å². The van der Waals surface area contributed by atoms with E-state index in [1.54, 1.807) is 25.1 Å². The third-order valence-corrected chi connectivity index (χ3v) is 5.67. The van der Waals surface area contributed by atoms with Crippen molar-refractivity contribution in [1.29, 1.82) is 0 Å². The molecule has 3 aromatic rings. The van der Waals surface area contributed by atoms with E-state index in [0.717, 1.165) is 16.8 Å². The summed E-state index contributed by atoms with van der Waals surface area (Å²) in [5.41, 5.74) is 2.64. The van der Waals surface area contributed by atoms with E-state index >= 15 is 0 Å². The summed E-state index contributed by atoms with van der Waals surface area (Å²) in [6.45, 7) is 3.58. The molecule has 0 radical (unpaired) electrons. The standard InChI is InChI=1S/C21H19Cl2N3O3S/c1-12(29-18-5-3-4-16(22)19(18)23)20(28)26-21-25-17(11-30-21)15-8-6-14(7-9-15)10-24-13(2)27/h3-9,11-12H,10H2,1-2H3,(H,24,27)(H,25,26,28). The van der Waals surface area contributed by atoms with Crippen LogP contribution < -0.4 is 15.4 Å². The van der Waals surface area contributed by atoms with Crippen molar-refractivity contribution in [3.8, 4) is 17.0 Å². The van der Waals surface area contributed by atoms with Crippen LogP contribution in [0.3, 0.4) is 0 Å². The number of halogens is 2. The number of hydrogen-bond acceptors (Lipinski definition) is 5. The number of carbonyl (C=O) groups excluding carboxylic acids is 2. The summed E-state index contributed by atoms with van der Waals surface area (Å²) in [6, 6.07) is 12.7. The van der Waals surface area contributed by atoms with Crippen molar-refractivity contribution in [1.82, 2.24) is 10.3 Å². The fourth-order valence-electron chi connectivity index (χ4n) is 2.51. The molecule has 1 aromatic heterocycles. The van der Waals surface area contributed by atoms with Crippen LogP contribution in [0.1, 0.15) is 19.4 Å². The number of nitrogens with one attached hydrogen (secondary N) is 2. The van der Waals surface area contributed by atoms with Gasteiger partial charge in [0, 0.05) is 24.4 Å². The van der Waals surface area contributed by atoms with Crippen molar-refractivity contribution in [2.75, 3.05) is 5.32 Å². The number of benzene rings is 2. The molecule has 0 spiro atoms. The quantitative estimate of drug-likeness (QED) is 0.506. The summed E-state index contributed by atoms with van der Waals surface area (Å²) in [4.78, 5) is 27.9. The Morgan fingerprint density at radius 2 is 1.90 bits per heavy atom. The second-order valence-corrected chi connectivity index (χ2v) is 8.09. The lowest BCUT2D eigenvalue weighted by atomic mass is 10.1. The average molecular weight is 464 g/mol. The number of amides is 2. The van der Waals surface area contributed by atoms with Crippen molar-refractivity contribution in [2.45, 2.75) is 26.5 Å². The van der Waals surface area contributed by atoms with Gasteiger partial charge in [-0.3, -0.25) is 14.9 Å². The van der Waals surface area contributed by atoms with Gasteiger partial charge < -0.3 is 10.1 Å². The van der Waals surface area contributed by atoms with Crippen LogP contribution in [-0.2, 0) is 16.1 Å². The number of hydrogen-bond donors (Lipinski definition) is 2. The Morgan fingerprint density at radius 1 is 1.17 bits per heavy atom. The average Bonchev–Trinajstić information content (AvgIpc) is 3.18. The van der Waals surface area contributed by atoms with E-state index in [1.165, 1.54) is 18.3 Å². The maximum Gasteiger partial charge on any atom is 0.266 e. The molecule has 0 aliphatic heterocycles. The van der Waals surface area contributed by atoms with Crippen LogP contribution in [0.4, 0.5) is 5.13 Å². The summed E-state index contributed by atoms with van der Waals surface area (Å²) in [5.74, 6) is -0.0848. The SMILES string of the molecule is CC(=O)NCc1ccc(-c2csc(NC(=O)C(C)Oc3cccc(Cl)c3Cl)n2)cc1. The fourth-order valence-corrected chi connectivity index (χ4v) is 3.57. The molecule has 2 N–H and O–H groups in total. The summed E-state index contributed by atoms with van der Waals surface area (Å²) >= 11 is 13.4. The van der Waals surface area contributed by atoms with Crippen LogP contribution in [0.15, 0.2) is 47.8 Å². The van der Waals surface area contributed by atoms with Gasteiger partial charge in [-0.25, -0.2) is 4.98 Å². The van der Waals surface area contributed by atoms with Gasteiger partial charge >= 0.3 is 0 Å². The molecule has 156 valence electrons. The van der Waals surface area contributed by atoms with Gasteiger partial charge in [0.2, 0.25) is 5.91 Å². The third-order valence-electron chi connectivity index (χ3n) is 4.11. The molecule has 0 saturated carbocycles. The topological polar surface area (TPSA) is 80.3 Å². The number of carbonyl (C=O) groups is 2. The molecule has 2 amide bonds. The van der Waals surface area contributed by atoms with Gasteiger partial charge in [-0.05, 0) is 24.6 Å². The lowest BCUT2D eigenvalue weighted by Gasteiger charge is -2.15. The summed E-state index contributed by atoms with van der Waals surface area (Å²) in [5, 5.41) is 8.44. The highest BCUT2D eigenvalue weighted by Gasteiger charge is 2.18. The van der Waals surface area contributed by atoms with Crippen molar-refractivity contribution < 1.29 is 14.3 Å². The second-order valence-electron chi connectivity index (χ2n) is 6.45. The number of anilines is 1. The van der Waals surface area contributed by atoms with Crippen molar-refractivity contribution in [2.24, 2.45) is 0 Å². The number of ether oxygens (including phenoxy) is 1. The molecule has 9 heteroatoms. The minimum Gasteiger partial charge on any atom is -0.479 e. The fraction of sp³-hybridized carbons (Fsp3) is 0.190. The molecule has 0 aliphatic rings. The minimum absolute atomic E-state index is 0.0743.